The molecule has 6 nitrogen and oxygen atoms in total. The molecule has 0 amide bonds. The minimum atomic E-state index is 0.0887. The molecule has 8 heteroatoms. The van der Waals surface area contributed by atoms with Crippen molar-refractivity contribution in [2.24, 2.45) is 0 Å². The first-order chi connectivity index (χ1) is 13.1. The summed E-state index contributed by atoms with van der Waals surface area (Å²) in [6.07, 6.45) is 0. The molecule has 0 bridgehead atoms. The molecule has 0 aliphatic carbocycles. The van der Waals surface area contributed by atoms with Crippen molar-refractivity contribution < 1.29 is 4.79 Å². The van der Waals surface area contributed by atoms with Gasteiger partial charge in [-0.2, -0.15) is 0 Å². The van der Waals surface area contributed by atoms with Crippen LogP contribution in [0.15, 0.2) is 46.7 Å². The van der Waals surface area contributed by atoms with Gasteiger partial charge in [0.2, 0.25) is 0 Å². The highest BCUT2D eigenvalue weighted by Crippen LogP contribution is 2.23. The summed E-state index contributed by atoms with van der Waals surface area (Å²) in [4.78, 5) is 21.2. The number of benzene rings is 1. The van der Waals surface area contributed by atoms with E-state index in [9.17, 15) is 4.79 Å². The van der Waals surface area contributed by atoms with Gasteiger partial charge in [-0.1, -0.05) is 53.9 Å². The third kappa shape index (κ3) is 5.17. The highest BCUT2D eigenvalue weighted by molar-refractivity contribution is 7.99. The molecule has 0 radical (unpaired) electrons. The highest BCUT2D eigenvalue weighted by atomic mass is 32.2. The van der Waals surface area contributed by atoms with Gasteiger partial charge in [-0.05, 0) is 26.8 Å². The van der Waals surface area contributed by atoms with E-state index in [-0.39, 0.29) is 5.78 Å². The maximum atomic E-state index is 12.3. The van der Waals surface area contributed by atoms with Crippen LogP contribution in [0.3, 0.4) is 0 Å². The molecule has 2 aromatic heterocycles. The second-order valence-electron chi connectivity index (χ2n) is 5.94. The van der Waals surface area contributed by atoms with Gasteiger partial charge in [0.15, 0.2) is 16.1 Å². The van der Waals surface area contributed by atoms with Crippen molar-refractivity contribution in [2.45, 2.75) is 43.4 Å². The Kier molecular flexibility index (Phi) is 6.63. The van der Waals surface area contributed by atoms with Gasteiger partial charge >= 0.3 is 0 Å². The first-order valence-corrected chi connectivity index (χ1v) is 10.6. The maximum Gasteiger partial charge on any atom is 0.191 e. The number of aromatic nitrogens is 5. The van der Waals surface area contributed by atoms with Crippen LogP contribution >= 0.6 is 23.5 Å². The fourth-order valence-corrected chi connectivity index (χ4v) is 4.38. The Balaban J connectivity index is 1.65. The molecule has 0 saturated heterocycles. The van der Waals surface area contributed by atoms with Gasteiger partial charge < -0.3 is 4.57 Å². The average Bonchev–Trinajstić information content (AvgIpc) is 3.06. The summed E-state index contributed by atoms with van der Waals surface area (Å²) >= 11 is 2.97. The molecule has 0 aliphatic heterocycles. The van der Waals surface area contributed by atoms with Crippen LogP contribution in [-0.4, -0.2) is 36.3 Å². The Bertz CT molecular complexity index is 907. The van der Waals surface area contributed by atoms with Crippen LogP contribution in [0, 0.1) is 13.8 Å². The number of aryl methyl sites for hydroxylation is 2. The Morgan fingerprint density at radius 3 is 2.41 bits per heavy atom. The molecule has 0 unspecified atom stereocenters. The van der Waals surface area contributed by atoms with Crippen LogP contribution < -0.4 is 0 Å². The molecule has 3 rings (SSSR count). The van der Waals surface area contributed by atoms with Crippen LogP contribution in [0.25, 0.3) is 0 Å². The van der Waals surface area contributed by atoms with Crippen LogP contribution in [0.4, 0.5) is 0 Å². The van der Waals surface area contributed by atoms with E-state index in [4.69, 9.17) is 0 Å². The Labute approximate surface area is 167 Å². The zero-order chi connectivity index (χ0) is 19.2. The SMILES string of the molecule is CCn1c(CSc2nc(C)cc(C)n2)nnc1SCC(=O)c1ccccc1. The van der Waals surface area contributed by atoms with Crippen molar-refractivity contribution in [3.8, 4) is 0 Å². The standard InChI is InChI=1S/C19H21N5OS2/c1-4-24-17(12-26-18-20-13(2)10-14(3)21-18)22-23-19(24)27-11-16(25)15-8-6-5-7-9-15/h5-10H,4,11-12H2,1-3H3. The number of nitrogens with zero attached hydrogens (tertiary/aromatic N) is 5. The fraction of sp³-hybridized carbons (Fsp3) is 0.316. The van der Waals surface area contributed by atoms with Gasteiger partial charge in [-0.15, -0.1) is 10.2 Å². The van der Waals surface area contributed by atoms with E-state index >= 15 is 0 Å². The van der Waals surface area contributed by atoms with Gasteiger partial charge in [0.25, 0.3) is 0 Å². The van der Waals surface area contributed by atoms with E-state index in [1.54, 1.807) is 11.8 Å². The normalized spacial score (nSPS) is 10.9. The molecular weight excluding hydrogens is 378 g/mol. The van der Waals surface area contributed by atoms with Gasteiger partial charge in [-0.25, -0.2) is 9.97 Å². The molecule has 2 heterocycles. The topological polar surface area (TPSA) is 73.6 Å². The minimum absolute atomic E-state index is 0.0887. The predicted octanol–water partition coefficient (Wildman–Crippen LogP) is 3.97. The first-order valence-electron chi connectivity index (χ1n) is 8.65. The summed E-state index contributed by atoms with van der Waals surface area (Å²) in [5.41, 5.74) is 2.63. The lowest BCUT2D eigenvalue weighted by Gasteiger charge is -2.07. The van der Waals surface area contributed by atoms with Crippen LogP contribution in [0.2, 0.25) is 0 Å². The van der Waals surface area contributed by atoms with E-state index in [0.717, 1.165) is 39.6 Å². The number of rotatable bonds is 8. The second-order valence-corrected chi connectivity index (χ2v) is 7.83. The number of Topliss-reactive ketones (excluding diaryl/α,β-unsaturated/α-hetero) is 1. The van der Waals surface area contributed by atoms with Crippen molar-refractivity contribution in [1.29, 1.82) is 0 Å². The molecule has 0 saturated carbocycles. The third-order valence-corrected chi connectivity index (χ3v) is 5.64. The van der Waals surface area contributed by atoms with Crippen LogP contribution in [0.1, 0.15) is 34.5 Å². The Morgan fingerprint density at radius 1 is 1.04 bits per heavy atom. The Hall–Kier alpha value is -2.19. The van der Waals surface area contributed by atoms with Gasteiger partial charge in [-0.3, -0.25) is 4.79 Å². The monoisotopic (exact) mass is 399 g/mol. The zero-order valence-electron chi connectivity index (χ0n) is 15.5. The van der Waals surface area contributed by atoms with E-state index in [2.05, 4.69) is 20.2 Å². The minimum Gasteiger partial charge on any atom is -0.306 e. The summed E-state index contributed by atoms with van der Waals surface area (Å²) in [5.74, 6) is 1.93. The number of ketones is 1. The molecule has 0 atom stereocenters. The van der Waals surface area contributed by atoms with Gasteiger partial charge in [0.05, 0.1) is 11.5 Å². The quantitative estimate of drug-likeness (QED) is 0.322. The lowest BCUT2D eigenvalue weighted by Crippen LogP contribution is -2.06. The lowest BCUT2D eigenvalue weighted by atomic mass is 10.2. The summed E-state index contributed by atoms with van der Waals surface area (Å²) in [7, 11) is 0. The van der Waals surface area contributed by atoms with Gasteiger partial charge in [0.1, 0.15) is 5.82 Å². The van der Waals surface area contributed by atoms with E-state index in [1.807, 2.05) is 61.7 Å². The number of hydrogen-bond acceptors (Lipinski definition) is 7. The van der Waals surface area contributed by atoms with E-state index in [0.29, 0.717) is 11.5 Å². The van der Waals surface area contributed by atoms with Crippen molar-refractivity contribution in [1.82, 2.24) is 24.7 Å². The van der Waals surface area contributed by atoms with Crippen molar-refractivity contribution in [3.05, 3.63) is 59.2 Å². The maximum absolute atomic E-state index is 12.3. The van der Waals surface area contributed by atoms with Crippen molar-refractivity contribution in [2.75, 3.05) is 5.75 Å². The first kappa shape index (κ1) is 19.6. The summed E-state index contributed by atoms with van der Waals surface area (Å²) in [5, 5.41) is 10.1. The fourth-order valence-electron chi connectivity index (χ4n) is 2.57. The number of carbonyl (C=O) groups is 1. The molecule has 0 fully saturated rings. The van der Waals surface area contributed by atoms with Crippen molar-refractivity contribution >= 4 is 29.3 Å². The zero-order valence-corrected chi connectivity index (χ0v) is 17.2. The molecule has 3 aromatic rings. The molecule has 27 heavy (non-hydrogen) atoms. The largest absolute Gasteiger partial charge is 0.306 e. The number of hydrogen-bond donors (Lipinski definition) is 0. The van der Waals surface area contributed by atoms with E-state index in [1.165, 1.54) is 11.8 Å². The summed E-state index contributed by atoms with van der Waals surface area (Å²) < 4.78 is 2.04. The average molecular weight is 400 g/mol. The lowest BCUT2D eigenvalue weighted by molar-refractivity contribution is 0.102. The van der Waals surface area contributed by atoms with Crippen LogP contribution in [0.5, 0.6) is 0 Å². The summed E-state index contributed by atoms with van der Waals surface area (Å²) in [6.45, 7) is 6.73. The smallest absolute Gasteiger partial charge is 0.191 e. The summed E-state index contributed by atoms with van der Waals surface area (Å²) in [6, 6.07) is 11.3. The van der Waals surface area contributed by atoms with Crippen LogP contribution in [-0.2, 0) is 12.3 Å². The van der Waals surface area contributed by atoms with E-state index < -0.39 is 0 Å². The van der Waals surface area contributed by atoms with Crippen molar-refractivity contribution in [3.63, 3.8) is 0 Å². The molecule has 140 valence electrons. The molecule has 0 N–H and O–H groups in total. The highest BCUT2D eigenvalue weighted by Gasteiger charge is 2.15. The molecular formula is C19H21N5OS2. The molecule has 0 aliphatic rings. The second kappa shape index (κ2) is 9.14. The molecule has 1 aromatic carbocycles. The number of carbonyl (C=O) groups excluding carboxylic acids is 1. The predicted molar refractivity (Wildman–Crippen MR) is 108 cm³/mol. The van der Waals surface area contributed by atoms with Gasteiger partial charge in [0, 0.05) is 23.5 Å². The number of thioether (sulfide) groups is 2. The Morgan fingerprint density at radius 2 is 1.74 bits per heavy atom. The molecule has 0 spiro atoms. The third-order valence-electron chi connectivity index (χ3n) is 3.83.